The highest BCUT2D eigenvalue weighted by molar-refractivity contribution is 5.55. The molecule has 0 saturated heterocycles. The van der Waals surface area contributed by atoms with Crippen molar-refractivity contribution in [2.75, 3.05) is 19.5 Å². The quantitative estimate of drug-likeness (QED) is 0.890. The van der Waals surface area contributed by atoms with Crippen molar-refractivity contribution in [2.45, 2.75) is 26.5 Å². The molecule has 0 radical (unpaired) electrons. The molecule has 1 aromatic carbocycles. The maximum atomic E-state index is 9.33. The van der Waals surface area contributed by atoms with E-state index in [4.69, 9.17) is 15.2 Å². The zero-order valence-corrected chi connectivity index (χ0v) is 13.2. The summed E-state index contributed by atoms with van der Waals surface area (Å²) in [6.45, 7) is 4.95. The van der Waals surface area contributed by atoms with Gasteiger partial charge in [0.05, 0.1) is 18.8 Å². The fraction of sp³-hybridized carbons (Fsp3) is 0.353. The number of anilines is 1. The van der Waals surface area contributed by atoms with Gasteiger partial charge in [0, 0.05) is 13.2 Å². The first kappa shape index (κ1) is 15.9. The van der Waals surface area contributed by atoms with Gasteiger partial charge in [0.2, 0.25) is 5.88 Å². The van der Waals surface area contributed by atoms with Crippen LogP contribution in [0.15, 0.2) is 30.3 Å². The SMILES string of the molecule is COCC(C)Oc1c(N)cc(C#N)n1Cc1ccccc1C. The monoisotopic (exact) mass is 299 g/mol. The van der Waals surface area contributed by atoms with Gasteiger partial charge < -0.3 is 15.2 Å². The first-order valence-corrected chi connectivity index (χ1v) is 7.16. The molecular formula is C17H21N3O2. The van der Waals surface area contributed by atoms with Gasteiger partial charge in [-0.05, 0) is 25.0 Å². The molecule has 0 amide bonds. The summed E-state index contributed by atoms with van der Waals surface area (Å²) in [6.07, 6.45) is -0.149. The number of hydrogen-bond acceptors (Lipinski definition) is 4. The van der Waals surface area contributed by atoms with E-state index in [0.717, 1.165) is 11.1 Å². The second-order valence-electron chi connectivity index (χ2n) is 5.30. The zero-order chi connectivity index (χ0) is 16.1. The molecule has 0 spiro atoms. The third-order valence-corrected chi connectivity index (χ3v) is 3.49. The maximum absolute atomic E-state index is 9.33. The molecule has 0 aliphatic carbocycles. The van der Waals surface area contributed by atoms with Crippen molar-refractivity contribution < 1.29 is 9.47 Å². The number of benzene rings is 1. The molecule has 1 heterocycles. The summed E-state index contributed by atoms with van der Waals surface area (Å²) in [6, 6.07) is 11.9. The standard InChI is InChI=1S/C17H21N3O2/c1-12-6-4-5-7-14(12)10-20-15(9-18)8-16(19)17(20)22-13(2)11-21-3/h4-8,13H,10-11,19H2,1-3H3. The zero-order valence-electron chi connectivity index (χ0n) is 13.2. The number of aromatic nitrogens is 1. The minimum atomic E-state index is -0.149. The predicted molar refractivity (Wildman–Crippen MR) is 85.8 cm³/mol. The van der Waals surface area contributed by atoms with Crippen LogP contribution in [0.1, 0.15) is 23.7 Å². The number of methoxy groups -OCH3 is 1. The van der Waals surface area contributed by atoms with Crippen molar-refractivity contribution in [2.24, 2.45) is 0 Å². The molecule has 1 aromatic heterocycles. The van der Waals surface area contributed by atoms with Crippen LogP contribution in [-0.4, -0.2) is 24.4 Å². The average Bonchev–Trinajstić information content (AvgIpc) is 2.78. The molecule has 2 N–H and O–H groups in total. The van der Waals surface area contributed by atoms with Gasteiger partial charge in [-0.2, -0.15) is 5.26 Å². The third-order valence-electron chi connectivity index (χ3n) is 3.49. The Balaban J connectivity index is 2.37. The van der Waals surface area contributed by atoms with Gasteiger partial charge in [-0.1, -0.05) is 24.3 Å². The molecule has 5 heteroatoms. The lowest BCUT2D eigenvalue weighted by Crippen LogP contribution is -2.20. The molecule has 0 saturated carbocycles. The van der Waals surface area contributed by atoms with Crippen LogP contribution in [0.4, 0.5) is 5.69 Å². The van der Waals surface area contributed by atoms with E-state index in [9.17, 15) is 5.26 Å². The number of aryl methyl sites for hydroxylation is 1. The fourth-order valence-corrected chi connectivity index (χ4v) is 2.35. The molecule has 1 unspecified atom stereocenters. The minimum absolute atomic E-state index is 0.149. The molecule has 1 atom stereocenters. The van der Waals surface area contributed by atoms with E-state index >= 15 is 0 Å². The normalized spacial score (nSPS) is 11.9. The number of nitrogen functional groups attached to an aromatic ring is 1. The Morgan fingerprint density at radius 3 is 2.73 bits per heavy atom. The molecule has 0 aliphatic heterocycles. The number of ether oxygens (including phenoxy) is 2. The van der Waals surface area contributed by atoms with Crippen LogP contribution in [0.3, 0.4) is 0 Å². The smallest absolute Gasteiger partial charge is 0.219 e. The Morgan fingerprint density at radius 1 is 1.36 bits per heavy atom. The second kappa shape index (κ2) is 7.01. The van der Waals surface area contributed by atoms with Crippen LogP contribution < -0.4 is 10.5 Å². The molecule has 116 valence electrons. The Kier molecular flexibility index (Phi) is 5.08. The Labute approximate surface area is 130 Å². The largest absolute Gasteiger partial charge is 0.472 e. The summed E-state index contributed by atoms with van der Waals surface area (Å²) in [5, 5.41) is 9.33. The van der Waals surface area contributed by atoms with E-state index < -0.39 is 0 Å². The highest BCUT2D eigenvalue weighted by Gasteiger charge is 2.17. The highest BCUT2D eigenvalue weighted by Crippen LogP contribution is 2.29. The van der Waals surface area contributed by atoms with Crippen molar-refractivity contribution in [1.29, 1.82) is 5.26 Å². The Bertz CT molecular complexity index is 686. The highest BCUT2D eigenvalue weighted by atomic mass is 16.5. The van der Waals surface area contributed by atoms with Crippen LogP contribution >= 0.6 is 0 Å². The number of nitriles is 1. The number of nitrogens with two attached hydrogens (primary N) is 1. The van der Waals surface area contributed by atoms with Gasteiger partial charge in [0.1, 0.15) is 17.9 Å². The van der Waals surface area contributed by atoms with E-state index in [2.05, 4.69) is 6.07 Å². The van der Waals surface area contributed by atoms with Crippen molar-refractivity contribution in [3.63, 3.8) is 0 Å². The van der Waals surface area contributed by atoms with Gasteiger partial charge in [-0.3, -0.25) is 4.57 Å². The topological polar surface area (TPSA) is 73.2 Å². The molecule has 0 bridgehead atoms. The van der Waals surface area contributed by atoms with Crippen molar-refractivity contribution in [1.82, 2.24) is 4.57 Å². The number of rotatable bonds is 6. The Morgan fingerprint density at radius 2 is 2.09 bits per heavy atom. The van der Waals surface area contributed by atoms with E-state index in [1.54, 1.807) is 13.2 Å². The third kappa shape index (κ3) is 3.41. The first-order chi connectivity index (χ1) is 10.6. The maximum Gasteiger partial charge on any atom is 0.219 e. The predicted octanol–water partition coefficient (Wildman–Crippen LogP) is 2.71. The van der Waals surface area contributed by atoms with E-state index in [-0.39, 0.29) is 6.10 Å². The molecule has 2 rings (SSSR count). The molecule has 2 aromatic rings. The number of hydrogen-bond donors (Lipinski definition) is 1. The van der Waals surface area contributed by atoms with Crippen LogP contribution in [-0.2, 0) is 11.3 Å². The lowest BCUT2D eigenvalue weighted by atomic mass is 10.1. The Hall–Kier alpha value is -2.45. The van der Waals surface area contributed by atoms with Crippen LogP contribution in [0.5, 0.6) is 5.88 Å². The van der Waals surface area contributed by atoms with Gasteiger partial charge in [0.15, 0.2) is 0 Å². The molecule has 0 aliphatic rings. The van der Waals surface area contributed by atoms with Crippen molar-refractivity contribution >= 4 is 5.69 Å². The summed E-state index contributed by atoms with van der Waals surface area (Å²) in [5.41, 5.74) is 9.25. The van der Waals surface area contributed by atoms with E-state index in [0.29, 0.717) is 30.4 Å². The minimum Gasteiger partial charge on any atom is -0.472 e. The van der Waals surface area contributed by atoms with Crippen LogP contribution in [0.2, 0.25) is 0 Å². The van der Waals surface area contributed by atoms with Gasteiger partial charge in [-0.15, -0.1) is 0 Å². The molecule has 22 heavy (non-hydrogen) atoms. The summed E-state index contributed by atoms with van der Waals surface area (Å²) in [4.78, 5) is 0. The summed E-state index contributed by atoms with van der Waals surface area (Å²) >= 11 is 0. The second-order valence-corrected chi connectivity index (χ2v) is 5.30. The summed E-state index contributed by atoms with van der Waals surface area (Å²) < 4.78 is 12.8. The molecule has 5 nitrogen and oxygen atoms in total. The van der Waals surface area contributed by atoms with Gasteiger partial charge in [-0.25, -0.2) is 0 Å². The number of nitrogens with zero attached hydrogens (tertiary/aromatic N) is 2. The lowest BCUT2D eigenvalue weighted by molar-refractivity contribution is 0.0869. The first-order valence-electron chi connectivity index (χ1n) is 7.16. The lowest BCUT2D eigenvalue weighted by Gasteiger charge is -2.18. The fourth-order valence-electron chi connectivity index (χ4n) is 2.35. The van der Waals surface area contributed by atoms with Gasteiger partial charge >= 0.3 is 0 Å². The van der Waals surface area contributed by atoms with Gasteiger partial charge in [0.25, 0.3) is 0 Å². The average molecular weight is 299 g/mol. The van der Waals surface area contributed by atoms with E-state index in [1.165, 1.54) is 0 Å². The van der Waals surface area contributed by atoms with Crippen molar-refractivity contribution in [3.8, 4) is 11.9 Å². The van der Waals surface area contributed by atoms with Crippen molar-refractivity contribution in [3.05, 3.63) is 47.2 Å². The summed E-state index contributed by atoms with van der Waals surface area (Å²) in [5.74, 6) is 0.518. The molecular weight excluding hydrogens is 278 g/mol. The molecule has 0 fully saturated rings. The summed E-state index contributed by atoms with van der Waals surface area (Å²) in [7, 11) is 1.62. The van der Waals surface area contributed by atoms with Crippen LogP contribution in [0.25, 0.3) is 0 Å². The van der Waals surface area contributed by atoms with Crippen LogP contribution in [0, 0.1) is 18.3 Å². The van der Waals surface area contributed by atoms with E-state index in [1.807, 2.05) is 42.7 Å².